The van der Waals surface area contributed by atoms with Crippen molar-refractivity contribution in [1.29, 1.82) is 0 Å². The molecule has 1 aromatic carbocycles. The number of para-hydroxylation sites is 1. The molecule has 1 N–H and O–H groups in total. The van der Waals surface area contributed by atoms with E-state index >= 15 is 0 Å². The first-order valence-corrected chi connectivity index (χ1v) is 4.01. The average molecular weight is 171 g/mol. The molecule has 2 nitrogen and oxygen atoms in total. The number of rotatable bonds is 1. The van der Waals surface area contributed by atoms with Gasteiger partial charge in [-0.15, -0.1) is 0 Å². The Morgan fingerprint density at radius 2 is 2.23 bits per heavy atom. The van der Waals surface area contributed by atoms with Crippen LogP contribution in [0.4, 0.5) is 0 Å². The van der Waals surface area contributed by atoms with Crippen LogP contribution in [0.3, 0.4) is 0 Å². The van der Waals surface area contributed by atoms with Crippen LogP contribution < -0.4 is 0 Å². The van der Waals surface area contributed by atoms with E-state index in [2.05, 4.69) is 11.6 Å². The number of benzene rings is 1. The monoisotopic (exact) mass is 171 g/mol. The first-order chi connectivity index (χ1) is 6.31. The molecule has 0 saturated carbocycles. The lowest BCUT2D eigenvalue weighted by molar-refractivity contribution is 0.480. The second kappa shape index (κ2) is 2.90. The molecule has 0 aliphatic rings. The van der Waals surface area contributed by atoms with Crippen LogP contribution in [-0.4, -0.2) is 10.1 Å². The Bertz CT molecular complexity index is 463. The highest BCUT2D eigenvalue weighted by Crippen LogP contribution is 2.22. The first kappa shape index (κ1) is 7.80. The number of pyridine rings is 1. The van der Waals surface area contributed by atoms with E-state index in [0.29, 0.717) is 5.52 Å². The maximum absolute atomic E-state index is 9.45. The molecule has 0 spiro atoms. The predicted octanol–water partition coefficient (Wildman–Crippen LogP) is 2.58. The topological polar surface area (TPSA) is 33.1 Å². The molecular weight excluding hydrogens is 162 g/mol. The van der Waals surface area contributed by atoms with E-state index in [-0.39, 0.29) is 5.75 Å². The van der Waals surface area contributed by atoms with Gasteiger partial charge in [-0.25, -0.2) is 0 Å². The molecule has 2 rings (SSSR count). The zero-order valence-electron chi connectivity index (χ0n) is 7.07. The largest absolute Gasteiger partial charge is 0.506 e. The van der Waals surface area contributed by atoms with Gasteiger partial charge in [-0.1, -0.05) is 24.8 Å². The summed E-state index contributed by atoms with van der Waals surface area (Å²) in [5.74, 6) is 0.216. The van der Waals surface area contributed by atoms with Crippen molar-refractivity contribution in [2.75, 3.05) is 0 Å². The van der Waals surface area contributed by atoms with E-state index < -0.39 is 0 Å². The van der Waals surface area contributed by atoms with Crippen LogP contribution in [0.25, 0.3) is 17.0 Å². The van der Waals surface area contributed by atoms with Crippen LogP contribution in [0.2, 0.25) is 0 Å². The Labute approximate surface area is 76.2 Å². The average Bonchev–Trinajstić information content (AvgIpc) is 2.18. The number of hydrogen-bond donors (Lipinski definition) is 1. The van der Waals surface area contributed by atoms with Crippen molar-refractivity contribution in [2.45, 2.75) is 0 Å². The van der Waals surface area contributed by atoms with Gasteiger partial charge in [0.25, 0.3) is 0 Å². The van der Waals surface area contributed by atoms with Gasteiger partial charge in [0.1, 0.15) is 11.3 Å². The van der Waals surface area contributed by atoms with Crippen LogP contribution in [-0.2, 0) is 0 Å². The molecule has 0 unspecified atom stereocenters. The van der Waals surface area contributed by atoms with E-state index in [1.807, 2.05) is 12.1 Å². The SMILES string of the molecule is C=Cc1cnc2c(O)cccc2c1. The van der Waals surface area contributed by atoms with Crippen molar-refractivity contribution in [2.24, 2.45) is 0 Å². The smallest absolute Gasteiger partial charge is 0.141 e. The number of phenols is 1. The summed E-state index contributed by atoms with van der Waals surface area (Å²) < 4.78 is 0. The fourth-order valence-corrected chi connectivity index (χ4v) is 1.27. The molecule has 0 aliphatic carbocycles. The van der Waals surface area contributed by atoms with Crippen LogP contribution in [0.1, 0.15) is 5.56 Å². The van der Waals surface area contributed by atoms with Crippen molar-refractivity contribution in [3.05, 3.63) is 42.6 Å². The molecule has 2 heteroatoms. The van der Waals surface area contributed by atoms with E-state index in [9.17, 15) is 5.11 Å². The van der Waals surface area contributed by atoms with E-state index in [0.717, 1.165) is 10.9 Å². The van der Waals surface area contributed by atoms with Gasteiger partial charge in [0.05, 0.1) is 0 Å². The Morgan fingerprint density at radius 3 is 3.00 bits per heavy atom. The highest BCUT2D eigenvalue weighted by molar-refractivity contribution is 5.85. The molecule has 2 aromatic rings. The van der Waals surface area contributed by atoms with Gasteiger partial charge in [-0.05, 0) is 17.7 Å². The summed E-state index contributed by atoms with van der Waals surface area (Å²) in [5, 5.41) is 10.4. The van der Waals surface area contributed by atoms with Crippen molar-refractivity contribution in [3.63, 3.8) is 0 Å². The lowest BCUT2D eigenvalue weighted by atomic mass is 10.1. The molecule has 13 heavy (non-hydrogen) atoms. The third kappa shape index (κ3) is 1.26. The van der Waals surface area contributed by atoms with Crippen molar-refractivity contribution in [1.82, 2.24) is 4.98 Å². The number of nitrogens with zero attached hydrogens (tertiary/aromatic N) is 1. The van der Waals surface area contributed by atoms with Crippen molar-refractivity contribution >= 4 is 17.0 Å². The first-order valence-electron chi connectivity index (χ1n) is 4.01. The maximum atomic E-state index is 9.45. The molecule has 1 heterocycles. The number of aromatic nitrogens is 1. The highest BCUT2D eigenvalue weighted by Gasteiger charge is 1.99. The Kier molecular flexibility index (Phi) is 1.74. The summed E-state index contributed by atoms with van der Waals surface area (Å²) in [6.45, 7) is 3.66. The minimum atomic E-state index is 0.216. The number of fused-ring (bicyclic) bond motifs is 1. The summed E-state index contributed by atoms with van der Waals surface area (Å²) >= 11 is 0. The second-order valence-corrected chi connectivity index (χ2v) is 2.82. The summed E-state index contributed by atoms with van der Waals surface area (Å²) in [6, 6.07) is 7.28. The van der Waals surface area contributed by atoms with E-state index in [1.165, 1.54) is 0 Å². The van der Waals surface area contributed by atoms with Gasteiger partial charge in [0.2, 0.25) is 0 Å². The Balaban J connectivity index is 2.79. The van der Waals surface area contributed by atoms with Gasteiger partial charge in [0, 0.05) is 11.6 Å². The normalized spacial score (nSPS) is 10.2. The predicted molar refractivity (Wildman–Crippen MR) is 53.5 cm³/mol. The molecule has 0 atom stereocenters. The standard InChI is InChI=1S/C11H9NO/c1-2-8-6-9-4-3-5-10(13)11(9)12-7-8/h2-7,13H,1H2. The molecule has 0 aliphatic heterocycles. The zero-order valence-corrected chi connectivity index (χ0v) is 7.07. The van der Waals surface area contributed by atoms with Gasteiger partial charge >= 0.3 is 0 Å². The third-order valence-corrected chi connectivity index (χ3v) is 1.95. The molecule has 0 fully saturated rings. The number of aromatic hydroxyl groups is 1. The van der Waals surface area contributed by atoms with Crippen LogP contribution >= 0.6 is 0 Å². The fraction of sp³-hybridized carbons (Fsp3) is 0. The van der Waals surface area contributed by atoms with Gasteiger partial charge in [-0.2, -0.15) is 0 Å². The van der Waals surface area contributed by atoms with Crippen LogP contribution in [0.15, 0.2) is 37.0 Å². The van der Waals surface area contributed by atoms with E-state index in [4.69, 9.17) is 0 Å². The van der Waals surface area contributed by atoms with Crippen LogP contribution in [0.5, 0.6) is 5.75 Å². The molecule has 0 amide bonds. The summed E-state index contributed by atoms with van der Waals surface area (Å²) in [6.07, 6.45) is 3.42. The molecule has 0 bridgehead atoms. The van der Waals surface area contributed by atoms with E-state index in [1.54, 1.807) is 24.4 Å². The van der Waals surface area contributed by atoms with Crippen molar-refractivity contribution < 1.29 is 5.11 Å². The molecule has 0 radical (unpaired) electrons. The summed E-state index contributed by atoms with van der Waals surface area (Å²) in [5.41, 5.74) is 1.59. The zero-order chi connectivity index (χ0) is 9.26. The summed E-state index contributed by atoms with van der Waals surface area (Å²) in [7, 11) is 0. The third-order valence-electron chi connectivity index (χ3n) is 1.95. The lowest BCUT2D eigenvalue weighted by Crippen LogP contribution is -1.80. The van der Waals surface area contributed by atoms with Gasteiger partial charge in [0.15, 0.2) is 0 Å². The molecule has 0 saturated heterocycles. The minimum Gasteiger partial charge on any atom is -0.506 e. The fourth-order valence-electron chi connectivity index (χ4n) is 1.27. The second-order valence-electron chi connectivity index (χ2n) is 2.82. The highest BCUT2D eigenvalue weighted by atomic mass is 16.3. The lowest BCUT2D eigenvalue weighted by Gasteiger charge is -2.00. The molecule has 1 aromatic heterocycles. The van der Waals surface area contributed by atoms with Gasteiger partial charge in [-0.3, -0.25) is 4.98 Å². The molecule has 64 valence electrons. The number of hydrogen-bond acceptors (Lipinski definition) is 2. The number of phenolic OH excluding ortho intramolecular Hbond substituents is 1. The Morgan fingerprint density at radius 1 is 1.38 bits per heavy atom. The van der Waals surface area contributed by atoms with Crippen molar-refractivity contribution in [3.8, 4) is 5.75 Å². The quantitative estimate of drug-likeness (QED) is 0.715. The minimum absolute atomic E-state index is 0.216. The molecular formula is C11H9NO. The van der Waals surface area contributed by atoms with Gasteiger partial charge < -0.3 is 5.11 Å². The Hall–Kier alpha value is -1.83. The summed E-state index contributed by atoms with van der Waals surface area (Å²) in [4.78, 5) is 4.13. The maximum Gasteiger partial charge on any atom is 0.141 e. The van der Waals surface area contributed by atoms with Crippen LogP contribution in [0, 0.1) is 0 Å².